The Morgan fingerprint density at radius 2 is 1.67 bits per heavy atom. The van der Waals surface area contributed by atoms with Gasteiger partial charge in [-0.2, -0.15) is 0 Å². The Kier molecular flexibility index (Phi) is 7.73. The van der Waals surface area contributed by atoms with Gasteiger partial charge < -0.3 is 24.3 Å². The van der Waals surface area contributed by atoms with Gasteiger partial charge in [-0.05, 0) is 42.8 Å². The van der Waals surface area contributed by atoms with Crippen LogP contribution in [0.3, 0.4) is 0 Å². The Morgan fingerprint density at radius 1 is 1.00 bits per heavy atom. The normalized spacial score (nSPS) is 13.8. The molecular weight excluding hydrogens is 410 g/mol. The van der Waals surface area contributed by atoms with E-state index in [1.807, 2.05) is 0 Å². The molecule has 1 aromatic heterocycles. The molecule has 0 saturated carbocycles. The standard InChI is InChI=1S/C21H24ClN3O5/c22-16-5-7-17(8-6-16)30-15-20(27)25-12-10-24(11-13-25)19(26)4-1-9-23-21(28)18-3-2-14-29-18/h2-3,5-8,14H,1,4,9-13,15H2,(H,23,28). The maximum atomic E-state index is 12.3. The van der Waals surface area contributed by atoms with Crippen molar-refractivity contribution in [2.75, 3.05) is 39.3 Å². The summed E-state index contributed by atoms with van der Waals surface area (Å²) in [5.41, 5.74) is 0. The van der Waals surface area contributed by atoms with Gasteiger partial charge in [0.05, 0.1) is 6.26 Å². The van der Waals surface area contributed by atoms with Gasteiger partial charge in [0.15, 0.2) is 12.4 Å². The predicted molar refractivity (Wildman–Crippen MR) is 110 cm³/mol. The lowest BCUT2D eigenvalue weighted by atomic mass is 10.2. The SMILES string of the molecule is O=C(NCCCC(=O)N1CCN(C(=O)COc2ccc(Cl)cc2)CC1)c1ccco1. The van der Waals surface area contributed by atoms with Crippen LogP contribution in [0.2, 0.25) is 5.02 Å². The number of halogens is 1. The molecule has 1 aliphatic heterocycles. The van der Waals surface area contributed by atoms with Crippen LogP contribution in [0.25, 0.3) is 0 Å². The molecule has 3 rings (SSSR count). The molecule has 0 aliphatic carbocycles. The minimum atomic E-state index is -0.291. The van der Waals surface area contributed by atoms with Gasteiger partial charge in [0.1, 0.15) is 5.75 Å². The zero-order chi connectivity index (χ0) is 21.3. The van der Waals surface area contributed by atoms with Crippen molar-refractivity contribution in [2.45, 2.75) is 12.8 Å². The number of nitrogens with zero attached hydrogens (tertiary/aromatic N) is 2. The third kappa shape index (κ3) is 6.25. The number of ether oxygens (including phenoxy) is 1. The zero-order valence-corrected chi connectivity index (χ0v) is 17.3. The maximum absolute atomic E-state index is 12.3. The smallest absolute Gasteiger partial charge is 0.286 e. The van der Waals surface area contributed by atoms with Gasteiger partial charge in [0.2, 0.25) is 5.91 Å². The van der Waals surface area contributed by atoms with Gasteiger partial charge in [-0.25, -0.2) is 0 Å². The number of amides is 3. The predicted octanol–water partition coefficient (Wildman–Crippen LogP) is 2.19. The first kappa shape index (κ1) is 21.7. The fourth-order valence-corrected chi connectivity index (χ4v) is 3.19. The second-order valence-electron chi connectivity index (χ2n) is 6.84. The van der Waals surface area contributed by atoms with Gasteiger partial charge in [-0.3, -0.25) is 14.4 Å². The largest absolute Gasteiger partial charge is 0.484 e. The van der Waals surface area contributed by atoms with Crippen molar-refractivity contribution in [3.8, 4) is 5.75 Å². The van der Waals surface area contributed by atoms with Crippen LogP contribution in [0.15, 0.2) is 47.1 Å². The lowest BCUT2D eigenvalue weighted by Crippen LogP contribution is -2.51. The highest BCUT2D eigenvalue weighted by molar-refractivity contribution is 6.30. The molecule has 0 unspecified atom stereocenters. The molecular formula is C21H24ClN3O5. The highest BCUT2D eigenvalue weighted by atomic mass is 35.5. The summed E-state index contributed by atoms with van der Waals surface area (Å²) in [6, 6.07) is 10.1. The fraction of sp³-hybridized carbons (Fsp3) is 0.381. The van der Waals surface area contributed by atoms with Gasteiger partial charge in [0.25, 0.3) is 11.8 Å². The molecule has 9 heteroatoms. The molecule has 30 heavy (non-hydrogen) atoms. The van der Waals surface area contributed by atoms with E-state index >= 15 is 0 Å². The maximum Gasteiger partial charge on any atom is 0.286 e. The number of hydrogen-bond acceptors (Lipinski definition) is 5. The van der Waals surface area contributed by atoms with E-state index in [9.17, 15) is 14.4 Å². The van der Waals surface area contributed by atoms with Crippen LogP contribution in [0.4, 0.5) is 0 Å². The number of rotatable bonds is 8. The number of hydrogen-bond donors (Lipinski definition) is 1. The van der Waals surface area contributed by atoms with E-state index in [1.165, 1.54) is 6.26 Å². The zero-order valence-electron chi connectivity index (χ0n) is 16.5. The Morgan fingerprint density at radius 3 is 2.30 bits per heavy atom. The number of nitrogens with one attached hydrogen (secondary N) is 1. The third-order valence-electron chi connectivity index (χ3n) is 4.76. The second kappa shape index (κ2) is 10.7. The van der Waals surface area contributed by atoms with Gasteiger partial charge in [0, 0.05) is 44.2 Å². The summed E-state index contributed by atoms with van der Waals surface area (Å²) in [6.07, 6.45) is 2.32. The first-order valence-corrected chi connectivity index (χ1v) is 10.2. The average Bonchev–Trinajstić information content (AvgIpc) is 3.31. The molecule has 0 atom stereocenters. The highest BCUT2D eigenvalue weighted by Gasteiger charge is 2.24. The summed E-state index contributed by atoms with van der Waals surface area (Å²) in [5.74, 6) is 0.452. The number of benzene rings is 1. The molecule has 1 aromatic carbocycles. The van der Waals surface area contributed by atoms with E-state index in [4.69, 9.17) is 20.8 Å². The minimum Gasteiger partial charge on any atom is -0.484 e. The third-order valence-corrected chi connectivity index (χ3v) is 5.01. The van der Waals surface area contributed by atoms with Crippen LogP contribution in [0.1, 0.15) is 23.4 Å². The van der Waals surface area contributed by atoms with Crippen LogP contribution in [-0.4, -0.2) is 66.9 Å². The number of piperazine rings is 1. The van der Waals surface area contributed by atoms with Gasteiger partial charge in [-0.1, -0.05) is 11.6 Å². The molecule has 1 saturated heterocycles. The van der Waals surface area contributed by atoms with Crippen molar-refractivity contribution in [3.05, 3.63) is 53.4 Å². The molecule has 0 bridgehead atoms. The molecule has 0 spiro atoms. The van der Waals surface area contributed by atoms with Gasteiger partial charge in [-0.15, -0.1) is 0 Å². The summed E-state index contributed by atoms with van der Waals surface area (Å²) in [4.78, 5) is 39.9. The van der Waals surface area contributed by atoms with E-state index in [2.05, 4.69) is 5.32 Å². The summed E-state index contributed by atoms with van der Waals surface area (Å²) in [7, 11) is 0. The Balaban J connectivity index is 1.31. The molecule has 2 heterocycles. The first-order valence-electron chi connectivity index (χ1n) is 9.78. The number of carbonyl (C=O) groups excluding carboxylic acids is 3. The molecule has 160 valence electrons. The van der Waals surface area contributed by atoms with Crippen LogP contribution >= 0.6 is 11.6 Å². The monoisotopic (exact) mass is 433 g/mol. The van der Waals surface area contributed by atoms with Crippen molar-refractivity contribution in [2.24, 2.45) is 0 Å². The number of furan rings is 1. The molecule has 1 fully saturated rings. The summed E-state index contributed by atoms with van der Waals surface area (Å²) >= 11 is 5.83. The summed E-state index contributed by atoms with van der Waals surface area (Å²) in [6.45, 7) is 2.28. The van der Waals surface area contributed by atoms with Crippen LogP contribution in [0.5, 0.6) is 5.75 Å². The lowest BCUT2D eigenvalue weighted by molar-refractivity contribution is -0.140. The van der Waals surface area contributed by atoms with Crippen molar-refractivity contribution >= 4 is 29.3 Å². The molecule has 0 radical (unpaired) electrons. The summed E-state index contributed by atoms with van der Waals surface area (Å²) < 4.78 is 10.5. The van der Waals surface area contributed by atoms with Crippen LogP contribution in [0, 0.1) is 0 Å². The van der Waals surface area contributed by atoms with Crippen molar-refractivity contribution in [3.63, 3.8) is 0 Å². The Labute approximate surface area is 179 Å². The van der Waals surface area contributed by atoms with E-state index < -0.39 is 0 Å². The van der Waals surface area contributed by atoms with Crippen LogP contribution < -0.4 is 10.1 Å². The first-order chi connectivity index (χ1) is 14.5. The molecule has 1 aliphatic rings. The summed E-state index contributed by atoms with van der Waals surface area (Å²) in [5, 5.41) is 3.32. The average molecular weight is 434 g/mol. The van der Waals surface area contributed by atoms with E-state index in [0.29, 0.717) is 56.3 Å². The highest BCUT2D eigenvalue weighted by Crippen LogP contribution is 2.15. The molecule has 8 nitrogen and oxygen atoms in total. The van der Waals surface area contributed by atoms with Gasteiger partial charge >= 0.3 is 0 Å². The topological polar surface area (TPSA) is 92.1 Å². The molecule has 2 aromatic rings. The minimum absolute atomic E-state index is 0.0201. The molecule has 3 amide bonds. The Bertz CT molecular complexity index is 846. The quantitative estimate of drug-likeness (QED) is 0.644. The van der Waals surface area contributed by atoms with E-state index in [-0.39, 0.29) is 30.1 Å². The Hall–Kier alpha value is -3.00. The van der Waals surface area contributed by atoms with Crippen molar-refractivity contribution in [1.82, 2.24) is 15.1 Å². The van der Waals surface area contributed by atoms with Crippen LogP contribution in [-0.2, 0) is 9.59 Å². The number of carbonyl (C=O) groups is 3. The fourth-order valence-electron chi connectivity index (χ4n) is 3.07. The second-order valence-corrected chi connectivity index (χ2v) is 7.28. The molecule has 1 N–H and O–H groups in total. The van der Waals surface area contributed by atoms with E-state index in [0.717, 1.165) is 0 Å². The lowest BCUT2D eigenvalue weighted by Gasteiger charge is -2.34. The van der Waals surface area contributed by atoms with Crippen molar-refractivity contribution in [1.29, 1.82) is 0 Å². The van der Waals surface area contributed by atoms with Crippen molar-refractivity contribution < 1.29 is 23.5 Å². The van der Waals surface area contributed by atoms with E-state index in [1.54, 1.807) is 46.2 Å².